The molecule has 4 aliphatic carbocycles. The van der Waals surface area contributed by atoms with Crippen molar-refractivity contribution in [3.8, 4) is 0 Å². The van der Waals surface area contributed by atoms with Crippen LogP contribution in [0, 0.1) is 17.3 Å². The number of nitrogens with zero attached hydrogens (tertiary/aromatic N) is 2. The minimum atomic E-state index is -5.88. The summed E-state index contributed by atoms with van der Waals surface area (Å²) in [7, 11) is 0. The summed E-state index contributed by atoms with van der Waals surface area (Å²) in [6, 6.07) is 7.85. The fourth-order valence-corrected chi connectivity index (χ4v) is 9.47. The van der Waals surface area contributed by atoms with E-state index in [0.29, 0.717) is 51.9 Å². The van der Waals surface area contributed by atoms with Crippen molar-refractivity contribution in [1.29, 1.82) is 0 Å². The maximum atomic E-state index is 15.3. The number of alkyl halides is 5. The summed E-state index contributed by atoms with van der Waals surface area (Å²) in [5.41, 5.74) is -0.565. The zero-order chi connectivity index (χ0) is 34.9. The van der Waals surface area contributed by atoms with Gasteiger partial charge < -0.3 is 14.7 Å². The standard InChI is InChI=1S/C37H47F5N2O4/c1-33(2,3)48-32(46)44-17-5-16-43(18-19-44)22-23-6-8-24(9-7-23)29-21-34(4)30(14-15-35(34,47)36(38,39)37(40,41)42)28-12-10-25-20-26(45)11-13-27(25)31(28)29/h6-9,20,28-30,47H,5,10-19,21-22H2,1-4H3/t28?,29-,30?,34+,35-/m1/s1. The molecule has 1 aliphatic heterocycles. The highest BCUT2D eigenvalue weighted by Crippen LogP contribution is 2.70. The molecular formula is C37H47F5N2O4. The number of hydrogen-bond donors (Lipinski definition) is 1. The Morgan fingerprint density at radius 2 is 1.69 bits per heavy atom. The van der Waals surface area contributed by atoms with Crippen LogP contribution in [0.25, 0.3) is 0 Å². The summed E-state index contributed by atoms with van der Waals surface area (Å²) in [6.07, 6.45) is -2.28. The zero-order valence-corrected chi connectivity index (χ0v) is 28.3. The first-order chi connectivity index (χ1) is 22.3. The smallest absolute Gasteiger partial charge is 0.444 e. The number of carbonyl (C=O) groups is 2. The molecular weight excluding hydrogens is 631 g/mol. The number of amides is 1. The van der Waals surface area contributed by atoms with Gasteiger partial charge in [0.1, 0.15) is 11.2 Å². The molecule has 5 atom stereocenters. The first-order valence-corrected chi connectivity index (χ1v) is 17.3. The maximum absolute atomic E-state index is 15.3. The molecule has 0 spiro atoms. The molecule has 1 heterocycles. The van der Waals surface area contributed by atoms with Crippen molar-refractivity contribution in [3.05, 3.63) is 58.2 Å². The molecule has 264 valence electrons. The number of ketones is 1. The molecule has 1 aromatic rings. The lowest BCUT2D eigenvalue weighted by molar-refractivity contribution is -0.362. The van der Waals surface area contributed by atoms with Crippen molar-refractivity contribution >= 4 is 11.9 Å². The van der Waals surface area contributed by atoms with Gasteiger partial charge in [-0.1, -0.05) is 36.8 Å². The van der Waals surface area contributed by atoms with E-state index >= 15 is 8.78 Å². The van der Waals surface area contributed by atoms with Gasteiger partial charge in [-0.25, -0.2) is 4.79 Å². The van der Waals surface area contributed by atoms with E-state index in [1.807, 2.05) is 45.0 Å². The number of fused-ring (bicyclic) bond motifs is 4. The second-order valence-electron chi connectivity index (χ2n) is 15.8. The van der Waals surface area contributed by atoms with E-state index in [4.69, 9.17) is 4.74 Å². The zero-order valence-electron chi connectivity index (χ0n) is 28.3. The van der Waals surface area contributed by atoms with Gasteiger partial charge in [0.15, 0.2) is 5.78 Å². The first-order valence-electron chi connectivity index (χ1n) is 17.3. The largest absolute Gasteiger partial charge is 0.456 e. The van der Waals surface area contributed by atoms with Gasteiger partial charge in [0.25, 0.3) is 0 Å². The molecule has 1 aromatic carbocycles. The molecule has 6 rings (SSSR count). The second kappa shape index (κ2) is 12.2. The van der Waals surface area contributed by atoms with Gasteiger partial charge in [-0.15, -0.1) is 0 Å². The number of halogens is 5. The number of aliphatic hydroxyl groups is 1. The predicted molar refractivity (Wildman–Crippen MR) is 170 cm³/mol. The van der Waals surface area contributed by atoms with Gasteiger partial charge >= 0.3 is 18.2 Å². The van der Waals surface area contributed by atoms with Crippen LogP contribution in [-0.4, -0.2) is 76.3 Å². The summed E-state index contributed by atoms with van der Waals surface area (Å²) in [5.74, 6) is -6.46. The summed E-state index contributed by atoms with van der Waals surface area (Å²) in [6.45, 7) is 10.2. The molecule has 0 bridgehead atoms. The molecule has 3 fully saturated rings. The first kappa shape index (κ1) is 35.1. The fourth-order valence-electron chi connectivity index (χ4n) is 9.47. The summed E-state index contributed by atoms with van der Waals surface area (Å²) < 4.78 is 77.7. The van der Waals surface area contributed by atoms with Gasteiger partial charge in [0, 0.05) is 50.5 Å². The monoisotopic (exact) mass is 678 g/mol. The maximum Gasteiger partial charge on any atom is 0.456 e. The third-order valence-corrected chi connectivity index (χ3v) is 11.8. The topological polar surface area (TPSA) is 70.1 Å². The second-order valence-corrected chi connectivity index (χ2v) is 15.8. The molecule has 48 heavy (non-hydrogen) atoms. The average molecular weight is 679 g/mol. The van der Waals surface area contributed by atoms with Gasteiger partial charge in [-0.2, -0.15) is 22.0 Å². The van der Waals surface area contributed by atoms with Gasteiger partial charge in [0.05, 0.1) is 0 Å². The Morgan fingerprint density at radius 3 is 2.35 bits per heavy atom. The lowest BCUT2D eigenvalue weighted by Crippen LogP contribution is -2.65. The van der Waals surface area contributed by atoms with Crippen LogP contribution in [0.15, 0.2) is 47.1 Å². The molecule has 1 saturated heterocycles. The van der Waals surface area contributed by atoms with Crippen molar-refractivity contribution in [3.63, 3.8) is 0 Å². The van der Waals surface area contributed by atoms with E-state index in [0.717, 1.165) is 40.8 Å². The van der Waals surface area contributed by atoms with Crippen LogP contribution in [0.4, 0.5) is 26.7 Å². The SMILES string of the molecule is CC(C)(C)OC(=O)N1CCCN(Cc2ccc([C@H]3C[C@@]4(C)C(CC[C@]4(O)C(F)(F)C(F)(F)F)C4CCC5=CC(=O)CCC5=C43)cc2)CC1. The molecule has 1 amide bonds. The minimum absolute atomic E-state index is 0.0393. The van der Waals surface area contributed by atoms with Crippen LogP contribution in [0.3, 0.4) is 0 Å². The number of ether oxygens (including phenoxy) is 1. The predicted octanol–water partition coefficient (Wildman–Crippen LogP) is 7.96. The summed E-state index contributed by atoms with van der Waals surface area (Å²) in [4.78, 5) is 28.9. The Bertz CT molecular complexity index is 1500. The van der Waals surface area contributed by atoms with Crippen LogP contribution < -0.4 is 0 Å². The summed E-state index contributed by atoms with van der Waals surface area (Å²) >= 11 is 0. The molecule has 6 nitrogen and oxygen atoms in total. The fraction of sp³-hybridized carbons (Fsp3) is 0.676. The van der Waals surface area contributed by atoms with Crippen LogP contribution in [-0.2, 0) is 16.1 Å². The van der Waals surface area contributed by atoms with Crippen molar-refractivity contribution in [2.45, 2.75) is 115 Å². The quantitative estimate of drug-likeness (QED) is 0.328. The molecule has 5 aliphatic rings. The van der Waals surface area contributed by atoms with E-state index < -0.39 is 47.0 Å². The summed E-state index contributed by atoms with van der Waals surface area (Å²) in [5, 5.41) is 11.5. The van der Waals surface area contributed by atoms with Crippen LogP contribution >= 0.6 is 0 Å². The normalized spacial score (nSPS) is 31.9. The Balaban J connectivity index is 1.28. The van der Waals surface area contributed by atoms with Crippen LogP contribution in [0.1, 0.15) is 96.1 Å². The van der Waals surface area contributed by atoms with Crippen molar-refractivity contribution in [2.75, 3.05) is 26.2 Å². The van der Waals surface area contributed by atoms with Gasteiger partial charge in [0.2, 0.25) is 0 Å². The molecule has 2 unspecified atom stereocenters. The number of rotatable bonds is 4. The van der Waals surface area contributed by atoms with Crippen molar-refractivity contribution in [1.82, 2.24) is 9.80 Å². The van der Waals surface area contributed by atoms with E-state index in [1.54, 1.807) is 11.0 Å². The van der Waals surface area contributed by atoms with E-state index in [-0.39, 0.29) is 30.6 Å². The number of carbonyl (C=O) groups excluding carboxylic acids is 2. The lowest BCUT2D eigenvalue weighted by Gasteiger charge is -2.56. The Kier molecular flexibility index (Phi) is 8.92. The van der Waals surface area contributed by atoms with E-state index in [9.17, 15) is 27.9 Å². The third-order valence-electron chi connectivity index (χ3n) is 11.8. The van der Waals surface area contributed by atoms with Crippen LogP contribution in [0.5, 0.6) is 0 Å². The van der Waals surface area contributed by atoms with E-state index in [1.165, 1.54) is 6.92 Å². The lowest BCUT2D eigenvalue weighted by atomic mass is 9.50. The number of hydrogen-bond acceptors (Lipinski definition) is 5. The van der Waals surface area contributed by atoms with E-state index in [2.05, 4.69) is 4.90 Å². The Hall–Kier alpha value is -2.79. The molecule has 0 radical (unpaired) electrons. The van der Waals surface area contributed by atoms with Gasteiger partial charge in [-0.3, -0.25) is 9.69 Å². The Labute approximate surface area is 279 Å². The molecule has 1 N–H and O–H groups in total. The number of benzene rings is 1. The third kappa shape index (κ3) is 6.01. The minimum Gasteiger partial charge on any atom is -0.444 e. The van der Waals surface area contributed by atoms with Crippen LogP contribution in [0.2, 0.25) is 0 Å². The Morgan fingerprint density at radius 1 is 0.979 bits per heavy atom. The highest BCUT2D eigenvalue weighted by molar-refractivity contribution is 5.93. The molecule has 2 saturated carbocycles. The van der Waals surface area contributed by atoms with Crippen molar-refractivity contribution in [2.24, 2.45) is 17.3 Å². The molecule has 11 heteroatoms. The van der Waals surface area contributed by atoms with Crippen molar-refractivity contribution < 1.29 is 41.4 Å². The van der Waals surface area contributed by atoms with Gasteiger partial charge in [-0.05, 0) is 106 Å². The molecule has 0 aromatic heterocycles. The highest BCUT2D eigenvalue weighted by Gasteiger charge is 2.79. The average Bonchev–Trinajstić information content (AvgIpc) is 3.12. The number of allylic oxidation sites excluding steroid dienone is 4. The highest BCUT2D eigenvalue weighted by atomic mass is 19.4.